The van der Waals surface area contributed by atoms with Gasteiger partial charge < -0.3 is 19.4 Å². The number of halogens is 1. The number of benzene rings is 1. The van der Waals surface area contributed by atoms with Gasteiger partial charge in [-0.15, -0.1) is 0 Å². The number of hydrogen-bond donors (Lipinski definition) is 2. The van der Waals surface area contributed by atoms with Crippen molar-refractivity contribution >= 4 is 46.9 Å². The van der Waals surface area contributed by atoms with Crippen LogP contribution in [0.25, 0.3) is 10.9 Å². The first-order valence-electron chi connectivity index (χ1n) is 8.15. The van der Waals surface area contributed by atoms with E-state index in [0.29, 0.717) is 12.3 Å². The fourth-order valence-corrected chi connectivity index (χ4v) is 4.58. The van der Waals surface area contributed by atoms with E-state index >= 15 is 0 Å². The molecule has 136 valence electrons. The first-order valence-corrected chi connectivity index (χ1v) is 11.0. The summed E-state index contributed by atoms with van der Waals surface area (Å²) in [5.41, 5.74) is 0.802. The monoisotopic (exact) mass is 477 g/mol. The van der Waals surface area contributed by atoms with E-state index in [0.717, 1.165) is 52.0 Å². The molecular weight excluding hydrogens is 456 g/mol. The number of hydrogen-bond acceptors (Lipinski definition) is 5. The average molecular weight is 477 g/mol. The van der Waals surface area contributed by atoms with Gasteiger partial charge in [0.05, 0.1) is 13.3 Å². The highest BCUT2D eigenvalue weighted by Gasteiger charge is 2.24. The van der Waals surface area contributed by atoms with Crippen LogP contribution in [-0.4, -0.2) is 46.1 Å². The molecule has 1 aliphatic rings. The van der Waals surface area contributed by atoms with Crippen LogP contribution in [0.1, 0.15) is 19.3 Å². The minimum Gasteiger partial charge on any atom is -0.494 e. The molecule has 1 aromatic carbocycles. The highest BCUT2D eigenvalue weighted by atomic mass is 127. The molecule has 1 fully saturated rings. The minimum atomic E-state index is -3.90. The van der Waals surface area contributed by atoms with Crippen LogP contribution in [-0.2, 0) is 4.57 Å². The number of ether oxygens (including phenoxy) is 1. The molecule has 0 spiro atoms. The van der Waals surface area contributed by atoms with Gasteiger partial charge in [-0.2, -0.15) is 0 Å². The van der Waals surface area contributed by atoms with Crippen molar-refractivity contribution in [2.24, 2.45) is 5.92 Å². The molecule has 7 nitrogen and oxygen atoms in total. The summed E-state index contributed by atoms with van der Waals surface area (Å²) in [5.74, 6) is 1.99. The second kappa shape index (κ2) is 7.73. The van der Waals surface area contributed by atoms with Gasteiger partial charge in [0.15, 0.2) is 0 Å². The maximum absolute atomic E-state index is 11.1. The lowest BCUT2D eigenvalue weighted by atomic mass is 9.94. The summed E-state index contributed by atoms with van der Waals surface area (Å²) in [6, 6.07) is 4.02. The van der Waals surface area contributed by atoms with Crippen molar-refractivity contribution in [3.05, 3.63) is 22.0 Å². The van der Waals surface area contributed by atoms with Gasteiger partial charge in [-0.1, -0.05) is 0 Å². The molecule has 1 saturated heterocycles. The summed E-state index contributed by atoms with van der Waals surface area (Å²) in [5, 5.41) is 0.972. The Kier molecular flexibility index (Phi) is 5.82. The van der Waals surface area contributed by atoms with Gasteiger partial charge in [0.25, 0.3) is 0 Å². The number of nitrogens with zero attached hydrogens (tertiary/aromatic N) is 3. The molecule has 0 aliphatic carbocycles. The lowest BCUT2D eigenvalue weighted by molar-refractivity contribution is 0.350. The van der Waals surface area contributed by atoms with Gasteiger partial charge in [0.1, 0.15) is 23.4 Å². The first-order chi connectivity index (χ1) is 11.9. The SMILES string of the molecule is COc1cc(I)cc2c(N3CCC(CCP(=O)(O)O)CC3)ncnc12. The molecular formula is C16H21IN3O4P. The molecule has 2 N–H and O–H groups in total. The molecule has 2 heterocycles. The predicted octanol–water partition coefficient (Wildman–Crippen LogP) is 3.03. The standard InChI is InChI=1S/C16H21IN3O4P/c1-24-14-9-12(17)8-13-15(14)18-10-19-16(13)20-5-2-11(3-6-20)4-7-25(21,22)23/h8-11H,2-7H2,1H3,(H2,21,22,23). The van der Waals surface area contributed by atoms with Crippen molar-refractivity contribution < 1.29 is 19.1 Å². The Morgan fingerprint density at radius 1 is 1.32 bits per heavy atom. The average Bonchev–Trinajstić information content (AvgIpc) is 2.58. The third kappa shape index (κ3) is 4.61. The van der Waals surface area contributed by atoms with E-state index in [4.69, 9.17) is 14.5 Å². The maximum Gasteiger partial charge on any atom is 0.325 e. The zero-order valence-electron chi connectivity index (χ0n) is 13.9. The van der Waals surface area contributed by atoms with Gasteiger partial charge in [-0.05, 0) is 59.9 Å². The molecule has 9 heteroatoms. The molecule has 3 rings (SSSR count). The Labute approximate surface area is 160 Å². The van der Waals surface area contributed by atoms with Crippen LogP contribution < -0.4 is 9.64 Å². The van der Waals surface area contributed by atoms with E-state index in [1.807, 2.05) is 6.07 Å². The normalized spacial score (nSPS) is 16.4. The molecule has 0 amide bonds. The molecule has 1 aromatic heterocycles. The maximum atomic E-state index is 11.1. The second-order valence-corrected chi connectivity index (χ2v) is 9.33. The predicted molar refractivity (Wildman–Crippen MR) is 105 cm³/mol. The zero-order chi connectivity index (χ0) is 18.0. The molecule has 2 aromatic rings. The third-order valence-electron chi connectivity index (χ3n) is 4.61. The topological polar surface area (TPSA) is 95.8 Å². The van der Waals surface area contributed by atoms with Gasteiger partial charge >= 0.3 is 7.60 Å². The molecule has 0 radical (unpaired) electrons. The number of rotatable bonds is 5. The fraction of sp³-hybridized carbons (Fsp3) is 0.500. The zero-order valence-corrected chi connectivity index (χ0v) is 17.0. The molecule has 0 saturated carbocycles. The Morgan fingerprint density at radius 3 is 2.68 bits per heavy atom. The number of anilines is 1. The summed E-state index contributed by atoms with van der Waals surface area (Å²) >= 11 is 2.26. The summed E-state index contributed by atoms with van der Waals surface area (Å²) in [4.78, 5) is 29.2. The van der Waals surface area contributed by atoms with E-state index in [9.17, 15) is 4.57 Å². The fourth-order valence-electron chi connectivity index (χ4n) is 3.28. The van der Waals surface area contributed by atoms with Crippen molar-refractivity contribution in [3.8, 4) is 5.75 Å². The van der Waals surface area contributed by atoms with Gasteiger partial charge in [0, 0.05) is 22.0 Å². The van der Waals surface area contributed by atoms with Crippen LogP contribution in [0.15, 0.2) is 18.5 Å². The van der Waals surface area contributed by atoms with Crippen molar-refractivity contribution in [2.45, 2.75) is 19.3 Å². The number of aromatic nitrogens is 2. The minimum absolute atomic E-state index is 0.0243. The first kappa shape index (κ1) is 18.8. The van der Waals surface area contributed by atoms with E-state index in [-0.39, 0.29) is 6.16 Å². The summed E-state index contributed by atoms with van der Waals surface area (Å²) in [7, 11) is -2.26. The van der Waals surface area contributed by atoms with Crippen LogP contribution in [0.5, 0.6) is 5.75 Å². The van der Waals surface area contributed by atoms with Crippen LogP contribution in [0, 0.1) is 9.49 Å². The van der Waals surface area contributed by atoms with Gasteiger partial charge in [0.2, 0.25) is 0 Å². The van der Waals surface area contributed by atoms with E-state index < -0.39 is 7.60 Å². The Morgan fingerprint density at radius 2 is 2.04 bits per heavy atom. The third-order valence-corrected chi connectivity index (χ3v) is 6.07. The molecule has 25 heavy (non-hydrogen) atoms. The summed E-state index contributed by atoms with van der Waals surface area (Å²) < 4.78 is 17.6. The Hall–Kier alpha value is -0.960. The van der Waals surface area contributed by atoms with Crippen LogP contribution in [0.3, 0.4) is 0 Å². The van der Waals surface area contributed by atoms with E-state index in [1.54, 1.807) is 13.4 Å². The lowest BCUT2D eigenvalue weighted by Crippen LogP contribution is -2.34. The van der Waals surface area contributed by atoms with Crippen LogP contribution >= 0.6 is 30.2 Å². The summed E-state index contributed by atoms with van der Waals surface area (Å²) in [6.45, 7) is 1.65. The van der Waals surface area contributed by atoms with Crippen molar-refractivity contribution in [1.29, 1.82) is 0 Å². The van der Waals surface area contributed by atoms with Gasteiger partial charge in [-0.3, -0.25) is 4.57 Å². The number of methoxy groups -OCH3 is 1. The summed E-state index contributed by atoms with van der Waals surface area (Å²) in [6.07, 6.45) is 3.93. The molecule has 0 atom stereocenters. The number of piperidine rings is 1. The van der Waals surface area contributed by atoms with Crippen LogP contribution in [0.2, 0.25) is 0 Å². The van der Waals surface area contributed by atoms with E-state index in [2.05, 4.69) is 43.5 Å². The van der Waals surface area contributed by atoms with E-state index in [1.165, 1.54) is 0 Å². The molecule has 0 unspecified atom stereocenters. The highest BCUT2D eigenvalue weighted by Crippen LogP contribution is 2.38. The number of fused-ring (bicyclic) bond motifs is 1. The molecule has 0 bridgehead atoms. The highest BCUT2D eigenvalue weighted by molar-refractivity contribution is 14.1. The van der Waals surface area contributed by atoms with Crippen molar-refractivity contribution in [3.63, 3.8) is 0 Å². The second-order valence-electron chi connectivity index (χ2n) is 6.31. The van der Waals surface area contributed by atoms with Gasteiger partial charge in [-0.25, -0.2) is 9.97 Å². The Bertz CT molecular complexity index is 805. The molecule has 1 aliphatic heterocycles. The Balaban J connectivity index is 1.78. The lowest BCUT2D eigenvalue weighted by Gasteiger charge is -2.33. The van der Waals surface area contributed by atoms with Crippen molar-refractivity contribution in [1.82, 2.24) is 9.97 Å². The largest absolute Gasteiger partial charge is 0.494 e. The van der Waals surface area contributed by atoms with Crippen LogP contribution in [0.4, 0.5) is 5.82 Å². The quantitative estimate of drug-likeness (QED) is 0.505. The smallest absolute Gasteiger partial charge is 0.325 e. The van der Waals surface area contributed by atoms with Crippen molar-refractivity contribution in [2.75, 3.05) is 31.3 Å².